The highest BCUT2D eigenvalue weighted by Gasteiger charge is 2.25. The summed E-state index contributed by atoms with van der Waals surface area (Å²) in [5.74, 6) is -0.0753. The largest absolute Gasteiger partial charge is 0.312 e. The van der Waals surface area contributed by atoms with E-state index in [1.807, 2.05) is 0 Å². The third-order valence-corrected chi connectivity index (χ3v) is 6.80. The van der Waals surface area contributed by atoms with Crippen molar-refractivity contribution in [2.24, 2.45) is 0 Å². The zero-order valence-corrected chi connectivity index (χ0v) is 18.0. The van der Waals surface area contributed by atoms with Gasteiger partial charge in [0.1, 0.15) is 0 Å². The van der Waals surface area contributed by atoms with E-state index in [0.717, 1.165) is 17.5 Å². The van der Waals surface area contributed by atoms with Crippen LogP contribution in [-0.4, -0.2) is 35.5 Å². The molecule has 1 heterocycles. The molecule has 2 aromatic carbocycles. The van der Waals surface area contributed by atoms with Crippen LogP contribution in [0.1, 0.15) is 31.0 Å². The molecular formula is C19H23N3O5S2. The maximum Gasteiger partial charge on any atom is 0.241 e. The van der Waals surface area contributed by atoms with Crippen molar-refractivity contribution in [1.29, 1.82) is 0 Å². The summed E-state index contributed by atoms with van der Waals surface area (Å²) in [6.45, 7) is 3.70. The number of carbonyl (C=O) groups excluding carboxylic acids is 1. The lowest BCUT2D eigenvalue weighted by Crippen LogP contribution is -2.27. The maximum absolute atomic E-state index is 12.8. The van der Waals surface area contributed by atoms with E-state index < -0.39 is 26.1 Å². The van der Waals surface area contributed by atoms with E-state index in [4.69, 9.17) is 0 Å². The minimum atomic E-state index is -3.81. The summed E-state index contributed by atoms with van der Waals surface area (Å²) in [5, 5.41) is 0. The standard InChI is InChI=1S/C19H23N3O5S2/c1-13(15-5-4-6-17(11-15)21-28(3,24)25)20-29(26,27)18-7-8-19-16(12-18)9-10-22(19)14(2)23/h4-8,11-13,20-21H,9-10H2,1-3H3/t13-/m0/s1. The molecule has 8 nitrogen and oxygen atoms in total. The smallest absolute Gasteiger partial charge is 0.241 e. The van der Waals surface area contributed by atoms with Gasteiger partial charge in [-0.2, -0.15) is 0 Å². The number of carbonyl (C=O) groups is 1. The van der Waals surface area contributed by atoms with Crippen LogP contribution in [0.2, 0.25) is 0 Å². The SMILES string of the molecule is CC(=O)N1CCc2cc(S(=O)(=O)N[C@@H](C)c3cccc(NS(C)(=O)=O)c3)ccc21. The highest BCUT2D eigenvalue weighted by Crippen LogP contribution is 2.30. The van der Waals surface area contributed by atoms with Gasteiger partial charge in [-0.05, 0) is 54.8 Å². The molecule has 1 amide bonds. The first kappa shape index (κ1) is 21.3. The third-order valence-electron chi connectivity index (χ3n) is 4.66. The Morgan fingerprint density at radius 1 is 1.10 bits per heavy atom. The van der Waals surface area contributed by atoms with Crippen LogP contribution < -0.4 is 14.3 Å². The molecule has 1 atom stereocenters. The minimum absolute atomic E-state index is 0.0753. The van der Waals surface area contributed by atoms with Gasteiger partial charge in [0.25, 0.3) is 0 Å². The zero-order valence-electron chi connectivity index (χ0n) is 16.3. The molecule has 3 rings (SSSR count). The molecule has 1 aliphatic heterocycles. The molecule has 2 N–H and O–H groups in total. The second kappa shape index (κ2) is 7.77. The Hall–Kier alpha value is -2.43. The summed E-state index contributed by atoms with van der Waals surface area (Å²) < 4.78 is 53.5. The number of hydrogen-bond acceptors (Lipinski definition) is 5. The number of benzene rings is 2. The van der Waals surface area contributed by atoms with Crippen LogP contribution in [0.3, 0.4) is 0 Å². The van der Waals surface area contributed by atoms with Gasteiger partial charge < -0.3 is 4.90 Å². The number of nitrogens with one attached hydrogen (secondary N) is 2. The number of amides is 1. The monoisotopic (exact) mass is 437 g/mol. The number of nitrogens with zero attached hydrogens (tertiary/aromatic N) is 1. The van der Waals surface area contributed by atoms with Crippen molar-refractivity contribution in [3.05, 3.63) is 53.6 Å². The normalized spacial score (nSPS) is 15.1. The molecule has 0 radical (unpaired) electrons. The Morgan fingerprint density at radius 3 is 2.48 bits per heavy atom. The molecule has 0 saturated heterocycles. The van der Waals surface area contributed by atoms with Gasteiger partial charge in [0.2, 0.25) is 26.0 Å². The lowest BCUT2D eigenvalue weighted by Gasteiger charge is -2.17. The van der Waals surface area contributed by atoms with Gasteiger partial charge in [-0.1, -0.05) is 12.1 Å². The summed E-state index contributed by atoms with van der Waals surface area (Å²) in [5.41, 5.74) is 2.53. The van der Waals surface area contributed by atoms with Gasteiger partial charge in [-0.3, -0.25) is 9.52 Å². The van der Waals surface area contributed by atoms with Crippen molar-refractivity contribution in [1.82, 2.24) is 4.72 Å². The average Bonchev–Trinajstić information content (AvgIpc) is 3.03. The lowest BCUT2D eigenvalue weighted by atomic mass is 10.1. The number of sulfonamides is 2. The molecule has 0 spiro atoms. The predicted molar refractivity (Wildman–Crippen MR) is 112 cm³/mol. The molecule has 2 aromatic rings. The maximum atomic E-state index is 12.8. The van der Waals surface area contributed by atoms with Crippen LogP contribution in [0.25, 0.3) is 0 Å². The minimum Gasteiger partial charge on any atom is -0.312 e. The first-order valence-electron chi connectivity index (χ1n) is 8.97. The zero-order chi connectivity index (χ0) is 21.4. The topological polar surface area (TPSA) is 113 Å². The van der Waals surface area contributed by atoms with Gasteiger partial charge in [0.15, 0.2) is 0 Å². The van der Waals surface area contributed by atoms with Gasteiger partial charge in [-0.15, -0.1) is 0 Å². The Kier molecular flexibility index (Phi) is 5.70. The summed E-state index contributed by atoms with van der Waals surface area (Å²) in [6, 6.07) is 10.7. The molecule has 0 aliphatic carbocycles. The molecular weight excluding hydrogens is 414 g/mol. The van der Waals surface area contributed by atoms with Crippen LogP contribution in [0, 0.1) is 0 Å². The van der Waals surface area contributed by atoms with E-state index in [9.17, 15) is 21.6 Å². The van der Waals surface area contributed by atoms with E-state index in [1.54, 1.807) is 48.2 Å². The lowest BCUT2D eigenvalue weighted by molar-refractivity contribution is -0.116. The fourth-order valence-electron chi connectivity index (χ4n) is 3.33. The van der Waals surface area contributed by atoms with Gasteiger partial charge in [0, 0.05) is 30.9 Å². The number of rotatable bonds is 6. The Bertz CT molecular complexity index is 1160. The van der Waals surface area contributed by atoms with E-state index in [0.29, 0.717) is 24.2 Å². The van der Waals surface area contributed by atoms with Crippen LogP contribution in [0.4, 0.5) is 11.4 Å². The molecule has 0 unspecified atom stereocenters. The molecule has 0 fully saturated rings. The van der Waals surface area contributed by atoms with Gasteiger partial charge >= 0.3 is 0 Å². The van der Waals surface area contributed by atoms with Crippen molar-refractivity contribution in [3.8, 4) is 0 Å². The molecule has 29 heavy (non-hydrogen) atoms. The predicted octanol–water partition coefficient (Wildman–Crippen LogP) is 2.01. The number of hydrogen-bond donors (Lipinski definition) is 2. The molecule has 10 heteroatoms. The van der Waals surface area contributed by atoms with Crippen molar-refractivity contribution >= 4 is 37.3 Å². The first-order chi connectivity index (χ1) is 13.5. The molecule has 0 aromatic heterocycles. The second-order valence-corrected chi connectivity index (χ2v) is 10.5. The highest BCUT2D eigenvalue weighted by atomic mass is 32.2. The fourth-order valence-corrected chi connectivity index (χ4v) is 5.16. The highest BCUT2D eigenvalue weighted by molar-refractivity contribution is 7.92. The summed E-state index contributed by atoms with van der Waals surface area (Å²) >= 11 is 0. The van der Waals surface area contributed by atoms with E-state index in [1.165, 1.54) is 13.0 Å². The summed E-state index contributed by atoms with van der Waals surface area (Å²) in [6.07, 6.45) is 1.65. The number of fused-ring (bicyclic) bond motifs is 1. The first-order valence-corrected chi connectivity index (χ1v) is 12.3. The van der Waals surface area contributed by atoms with Crippen LogP contribution in [0.15, 0.2) is 47.4 Å². The average molecular weight is 438 g/mol. The molecule has 0 saturated carbocycles. The molecule has 156 valence electrons. The van der Waals surface area contributed by atoms with Gasteiger partial charge in [-0.25, -0.2) is 21.6 Å². The van der Waals surface area contributed by atoms with Crippen LogP contribution >= 0.6 is 0 Å². The van der Waals surface area contributed by atoms with Crippen molar-refractivity contribution in [3.63, 3.8) is 0 Å². The van der Waals surface area contributed by atoms with Crippen LogP contribution in [0.5, 0.6) is 0 Å². The van der Waals surface area contributed by atoms with E-state index in [-0.39, 0.29) is 10.8 Å². The Balaban J connectivity index is 1.81. The summed E-state index contributed by atoms with van der Waals surface area (Å²) in [4.78, 5) is 13.4. The Morgan fingerprint density at radius 2 is 1.83 bits per heavy atom. The van der Waals surface area contributed by atoms with E-state index >= 15 is 0 Å². The van der Waals surface area contributed by atoms with E-state index in [2.05, 4.69) is 9.44 Å². The molecule has 1 aliphatic rings. The summed E-state index contributed by atoms with van der Waals surface area (Å²) in [7, 11) is -7.24. The number of anilines is 2. The van der Waals surface area contributed by atoms with Gasteiger partial charge in [0.05, 0.1) is 11.2 Å². The van der Waals surface area contributed by atoms with Crippen molar-refractivity contribution in [2.45, 2.75) is 31.2 Å². The molecule has 0 bridgehead atoms. The van der Waals surface area contributed by atoms with Crippen molar-refractivity contribution < 1.29 is 21.6 Å². The second-order valence-electron chi connectivity index (χ2n) is 7.05. The fraction of sp³-hybridized carbons (Fsp3) is 0.316. The van der Waals surface area contributed by atoms with Crippen LogP contribution in [-0.2, 0) is 31.3 Å². The third kappa shape index (κ3) is 4.95. The quantitative estimate of drug-likeness (QED) is 0.718. The van der Waals surface area contributed by atoms with Crippen molar-refractivity contribution in [2.75, 3.05) is 22.4 Å². The Labute approximate surface area is 171 Å².